The van der Waals surface area contributed by atoms with Gasteiger partial charge in [0.2, 0.25) is 0 Å². The summed E-state index contributed by atoms with van der Waals surface area (Å²) in [7, 11) is 0. The van der Waals surface area contributed by atoms with Crippen LogP contribution in [0.5, 0.6) is 5.75 Å². The molecule has 0 saturated carbocycles. The van der Waals surface area contributed by atoms with E-state index in [1.165, 1.54) is 0 Å². The lowest BCUT2D eigenvalue weighted by Gasteiger charge is -2.09. The van der Waals surface area contributed by atoms with Crippen LogP contribution in [0.3, 0.4) is 0 Å². The highest BCUT2D eigenvalue weighted by Gasteiger charge is 2.07. The second-order valence-electron chi connectivity index (χ2n) is 5.38. The molecular formula is C20H15Cl2NO2. The van der Waals surface area contributed by atoms with Gasteiger partial charge in [-0.15, -0.1) is 0 Å². The van der Waals surface area contributed by atoms with Crippen molar-refractivity contribution in [2.75, 3.05) is 5.32 Å². The number of para-hydroxylation sites is 1. The molecule has 0 aliphatic heterocycles. The first kappa shape index (κ1) is 17.3. The van der Waals surface area contributed by atoms with E-state index in [1.807, 2.05) is 42.5 Å². The van der Waals surface area contributed by atoms with Gasteiger partial charge in [0.15, 0.2) is 0 Å². The molecule has 0 atom stereocenters. The summed E-state index contributed by atoms with van der Waals surface area (Å²) >= 11 is 11.9. The third-order valence-corrected chi connectivity index (χ3v) is 4.07. The maximum Gasteiger partial charge on any atom is 0.255 e. The van der Waals surface area contributed by atoms with Crippen LogP contribution in [0, 0.1) is 0 Å². The van der Waals surface area contributed by atoms with Crippen molar-refractivity contribution in [3.8, 4) is 5.75 Å². The predicted molar refractivity (Wildman–Crippen MR) is 102 cm³/mol. The average Bonchev–Trinajstić information content (AvgIpc) is 2.62. The van der Waals surface area contributed by atoms with Crippen molar-refractivity contribution in [2.24, 2.45) is 0 Å². The minimum absolute atomic E-state index is 0.153. The number of halogens is 2. The molecule has 0 heterocycles. The zero-order valence-corrected chi connectivity index (χ0v) is 14.7. The highest BCUT2D eigenvalue weighted by Crippen LogP contribution is 2.28. The van der Waals surface area contributed by atoms with Crippen LogP contribution in [0.1, 0.15) is 15.9 Å². The first-order chi connectivity index (χ1) is 12.1. The molecule has 0 aliphatic carbocycles. The molecule has 0 radical (unpaired) electrons. The van der Waals surface area contributed by atoms with Crippen molar-refractivity contribution < 1.29 is 9.53 Å². The number of ether oxygens (including phenoxy) is 1. The molecule has 1 N–H and O–H groups in total. The lowest BCUT2D eigenvalue weighted by molar-refractivity contribution is 0.102. The third kappa shape index (κ3) is 4.75. The molecule has 126 valence electrons. The third-order valence-electron chi connectivity index (χ3n) is 3.54. The predicted octanol–water partition coefficient (Wildman–Crippen LogP) is 5.82. The highest BCUT2D eigenvalue weighted by atomic mass is 35.5. The van der Waals surface area contributed by atoms with Gasteiger partial charge in [-0.05, 0) is 48.0 Å². The topological polar surface area (TPSA) is 38.3 Å². The Bertz CT molecular complexity index is 865. The molecule has 0 unspecified atom stereocenters. The molecule has 3 aromatic carbocycles. The normalized spacial score (nSPS) is 10.3. The van der Waals surface area contributed by atoms with Gasteiger partial charge in [0, 0.05) is 16.3 Å². The minimum Gasteiger partial charge on any atom is -0.487 e. The van der Waals surface area contributed by atoms with Crippen molar-refractivity contribution >= 4 is 34.8 Å². The first-order valence-electron chi connectivity index (χ1n) is 7.65. The summed E-state index contributed by atoms with van der Waals surface area (Å²) < 4.78 is 5.68. The second kappa shape index (κ2) is 8.06. The molecule has 3 aromatic rings. The van der Waals surface area contributed by atoms with Crippen molar-refractivity contribution in [2.45, 2.75) is 6.61 Å². The standard InChI is InChI=1S/C20H15Cl2NO2/c21-16-10-11-19(18(22)12-16)25-13-14-6-8-15(9-7-14)20(24)23-17-4-2-1-3-5-17/h1-12H,13H2,(H,23,24). The number of carbonyl (C=O) groups is 1. The SMILES string of the molecule is O=C(Nc1ccccc1)c1ccc(COc2ccc(Cl)cc2Cl)cc1. The molecule has 3 rings (SSSR count). The van der Waals surface area contributed by atoms with Gasteiger partial charge in [-0.3, -0.25) is 4.79 Å². The quantitative estimate of drug-likeness (QED) is 0.612. The molecule has 1 amide bonds. The van der Waals surface area contributed by atoms with Gasteiger partial charge in [-0.1, -0.05) is 53.5 Å². The zero-order valence-electron chi connectivity index (χ0n) is 13.2. The summed E-state index contributed by atoms with van der Waals surface area (Å²) in [5.74, 6) is 0.413. The Balaban J connectivity index is 1.61. The number of carbonyl (C=O) groups excluding carboxylic acids is 1. The van der Waals surface area contributed by atoms with E-state index in [0.717, 1.165) is 11.3 Å². The maximum atomic E-state index is 12.2. The van der Waals surface area contributed by atoms with Crippen LogP contribution in [0.2, 0.25) is 10.0 Å². The van der Waals surface area contributed by atoms with E-state index in [1.54, 1.807) is 30.3 Å². The van der Waals surface area contributed by atoms with Gasteiger partial charge in [-0.25, -0.2) is 0 Å². The second-order valence-corrected chi connectivity index (χ2v) is 6.22. The van der Waals surface area contributed by atoms with E-state index < -0.39 is 0 Å². The smallest absolute Gasteiger partial charge is 0.255 e. The molecule has 0 aromatic heterocycles. The molecule has 3 nitrogen and oxygen atoms in total. The Hall–Kier alpha value is -2.49. The average molecular weight is 372 g/mol. The first-order valence-corrected chi connectivity index (χ1v) is 8.40. The molecule has 0 aliphatic rings. The van der Waals surface area contributed by atoms with Crippen LogP contribution in [-0.4, -0.2) is 5.91 Å². The van der Waals surface area contributed by atoms with Crippen LogP contribution >= 0.6 is 23.2 Å². The van der Waals surface area contributed by atoms with E-state index in [4.69, 9.17) is 27.9 Å². The number of anilines is 1. The van der Waals surface area contributed by atoms with Crippen LogP contribution in [-0.2, 0) is 6.61 Å². The van der Waals surface area contributed by atoms with Crippen molar-refractivity contribution in [1.82, 2.24) is 0 Å². The Labute approximate surface area is 156 Å². The zero-order chi connectivity index (χ0) is 17.6. The van der Waals surface area contributed by atoms with Crippen molar-refractivity contribution in [3.63, 3.8) is 0 Å². The van der Waals surface area contributed by atoms with Crippen LogP contribution in [0.25, 0.3) is 0 Å². The van der Waals surface area contributed by atoms with Gasteiger partial charge in [0.1, 0.15) is 12.4 Å². The lowest BCUT2D eigenvalue weighted by Crippen LogP contribution is -2.11. The van der Waals surface area contributed by atoms with Gasteiger partial charge < -0.3 is 10.1 Å². The van der Waals surface area contributed by atoms with Crippen molar-refractivity contribution in [3.05, 3.63) is 94.0 Å². The summed E-state index contributed by atoms with van der Waals surface area (Å²) in [4.78, 5) is 12.2. The number of rotatable bonds is 5. The minimum atomic E-state index is -0.153. The highest BCUT2D eigenvalue weighted by molar-refractivity contribution is 6.35. The molecule has 25 heavy (non-hydrogen) atoms. The molecule has 5 heteroatoms. The fourth-order valence-corrected chi connectivity index (χ4v) is 2.69. The van der Waals surface area contributed by atoms with Crippen LogP contribution in [0.15, 0.2) is 72.8 Å². The lowest BCUT2D eigenvalue weighted by atomic mass is 10.1. The molecule has 0 saturated heterocycles. The van der Waals surface area contributed by atoms with Gasteiger partial charge in [-0.2, -0.15) is 0 Å². The molecular weight excluding hydrogens is 357 g/mol. The largest absolute Gasteiger partial charge is 0.487 e. The van der Waals surface area contributed by atoms with E-state index in [-0.39, 0.29) is 5.91 Å². The molecule has 0 bridgehead atoms. The van der Waals surface area contributed by atoms with E-state index in [2.05, 4.69) is 5.32 Å². The van der Waals surface area contributed by atoms with E-state index >= 15 is 0 Å². The van der Waals surface area contributed by atoms with Crippen molar-refractivity contribution in [1.29, 1.82) is 0 Å². The van der Waals surface area contributed by atoms with E-state index in [0.29, 0.717) is 28.0 Å². The van der Waals surface area contributed by atoms with Crippen LogP contribution < -0.4 is 10.1 Å². The Morgan fingerprint density at radius 2 is 1.64 bits per heavy atom. The summed E-state index contributed by atoms with van der Waals surface area (Å²) in [6, 6.07) is 21.6. The van der Waals surface area contributed by atoms with Crippen LogP contribution in [0.4, 0.5) is 5.69 Å². The van der Waals surface area contributed by atoms with Gasteiger partial charge in [0.05, 0.1) is 5.02 Å². The Kier molecular flexibility index (Phi) is 5.59. The maximum absolute atomic E-state index is 12.2. The number of hydrogen-bond acceptors (Lipinski definition) is 2. The summed E-state index contributed by atoms with van der Waals surface area (Å²) in [5, 5.41) is 3.87. The van der Waals surface area contributed by atoms with Gasteiger partial charge >= 0.3 is 0 Å². The van der Waals surface area contributed by atoms with E-state index in [9.17, 15) is 4.79 Å². The number of benzene rings is 3. The number of nitrogens with one attached hydrogen (secondary N) is 1. The Morgan fingerprint density at radius 3 is 2.32 bits per heavy atom. The number of amides is 1. The monoisotopic (exact) mass is 371 g/mol. The molecule has 0 spiro atoms. The number of hydrogen-bond donors (Lipinski definition) is 1. The molecule has 0 fully saturated rings. The fraction of sp³-hybridized carbons (Fsp3) is 0.0500. The van der Waals surface area contributed by atoms with Gasteiger partial charge in [0.25, 0.3) is 5.91 Å². The summed E-state index contributed by atoms with van der Waals surface area (Å²) in [6.45, 7) is 0.349. The fourth-order valence-electron chi connectivity index (χ4n) is 2.23. The summed E-state index contributed by atoms with van der Waals surface area (Å²) in [5.41, 5.74) is 2.27. The Morgan fingerprint density at radius 1 is 0.920 bits per heavy atom. The summed E-state index contributed by atoms with van der Waals surface area (Å²) in [6.07, 6.45) is 0.